The van der Waals surface area contributed by atoms with Crippen LogP contribution in [0.25, 0.3) is 10.9 Å². The third-order valence-corrected chi connectivity index (χ3v) is 11.0. The van der Waals surface area contributed by atoms with E-state index in [1.54, 1.807) is 27.7 Å². The van der Waals surface area contributed by atoms with Crippen LogP contribution in [0.5, 0.6) is 0 Å². The van der Waals surface area contributed by atoms with Gasteiger partial charge in [0.25, 0.3) is 0 Å². The molecule has 3 rings (SSSR count). The number of hydrogen-bond donors (Lipinski definition) is 2. The molecule has 0 spiro atoms. The predicted molar refractivity (Wildman–Crippen MR) is 149 cm³/mol. The van der Waals surface area contributed by atoms with Crippen molar-refractivity contribution in [3.63, 3.8) is 0 Å². The summed E-state index contributed by atoms with van der Waals surface area (Å²) in [4.78, 5) is 3.30. The van der Waals surface area contributed by atoms with Crippen LogP contribution in [0.15, 0.2) is 60.8 Å². The van der Waals surface area contributed by atoms with Gasteiger partial charge in [0.1, 0.15) is 5.78 Å². The van der Waals surface area contributed by atoms with E-state index in [0.29, 0.717) is 13.0 Å². The lowest BCUT2D eigenvalue weighted by molar-refractivity contribution is 0.198. The first-order chi connectivity index (χ1) is 17.9. The van der Waals surface area contributed by atoms with E-state index in [9.17, 15) is 9.13 Å². The molecule has 0 amide bonds. The van der Waals surface area contributed by atoms with Gasteiger partial charge in [0.05, 0.1) is 32.1 Å². The van der Waals surface area contributed by atoms with Gasteiger partial charge in [-0.3, -0.25) is 9.13 Å². The number of rotatable bonds is 17. The summed E-state index contributed by atoms with van der Waals surface area (Å²) in [7, 11) is -7.22. The predicted octanol–water partition coefficient (Wildman–Crippen LogP) is 7.29. The van der Waals surface area contributed by atoms with E-state index >= 15 is 0 Å². The average molecular weight is 551 g/mol. The summed E-state index contributed by atoms with van der Waals surface area (Å²) in [6.45, 7) is 8.58. The monoisotopic (exact) mass is 550 g/mol. The molecule has 1 aromatic heterocycles. The Bertz CT molecular complexity index is 1170. The van der Waals surface area contributed by atoms with Gasteiger partial charge in [-0.25, -0.2) is 0 Å². The van der Waals surface area contributed by atoms with Gasteiger partial charge in [-0.05, 0) is 57.7 Å². The first-order valence-corrected chi connectivity index (χ1v) is 16.2. The zero-order valence-corrected chi connectivity index (χ0v) is 24.0. The maximum Gasteiger partial charge on any atom is 0.347 e. The highest BCUT2D eigenvalue weighted by Crippen LogP contribution is 2.65. The van der Waals surface area contributed by atoms with Crippen molar-refractivity contribution in [3.05, 3.63) is 71.9 Å². The summed E-state index contributed by atoms with van der Waals surface area (Å²) in [6.07, 6.45) is 2.88. The van der Waals surface area contributed by atoms with Crippen molar-refractivity contribution in [1.29, 1.82) is 0 Å². The van der Waals surface area contributed by atoms with Crippen molar-refractivity contribution >= 4 is 26.1 Å². The molecule has 0 radical (unpaired) electrons. The van der Waals surface area contributed by atoms with E-state index in [0.717, 1.165) is 22.0 Å². The Morgan fingerprint density at radius 3 is 1.97 bits per heavy atom. The Hall–Kier alpha value is -1.76. The van der Waals surface area contributed by atoms with Crippen molar-refractivity contribution in [3.8, 4) is 0 Å². The molecule has 204 valence electrons. The number of benzene rings is 2. The molecule has 2 atom stereocenters. The Labute approximate surface area is 220 Å². The van der Waals surface area contributed by atoms with Gasteiger partial charge in [0.15, 0.2) is 0 Å². The van der Waals surface area contributed by atoms with Gasteiger partial charge in [-0.2, -0.15) is 0 Å². The number of para-hydroxylation sites is 1. The summed E-state index contributed by atoms with van der Waals surface area (Å²) >= 11 is 0. The van der Waals surface area contributed by atoms with E-state index in [-0.39, 0.29) is 32.8 Å². The second-order valence-corrected chi connectivity index (χ2v) is 12.9. The number of fused-ring (bicyclic) bond motifs is 1. The minimum atomic E-state index is -3.62. The van der Waals surface area contributed by atoms with Crippen LogP contribution < -0.4 is 5.32 Å². The third-order valence-electron chi connectivity index (χ3n) is 6.08. The summed E-state index contributed by atoms with van der Waals surface area (Å²) in [5.41, 5.74) is 2.35. The Kier molecular flexibility index (Phi) is 11.6. The normalized spacial score (nSPS) is 14.2. The lowest BCUT2D eigenvalue weighted by atomic mass is 10.1. The number of nitrogens with one attached hydrogen (secondary N) is 2. The van der Waals surface area contributed by atoms with Crippen molar-refractivity contribution in [1.82, 2.24) is 10.3 Å². The molecule has 2 aromatic carbocycles. The Morgan fingerprint density at radius 2 is 1.35 bits per heavy atom. The minimum absolute atomic E-state index is 0.187. The van der Waals surface area contributed by atoms with Gasteiger partial charge in [0.2, 0.25) is 0 Å². The van der Waals surface area contributed by atoms with E-state index < -0.39 is 26.6 Å². The van der Waals surface area contributed by atoms with E-state index in [1.165, 1.54) is 0 Å². The molecule has 8 nitrogen and oxygen atoms in total. The summed E-state index contributed by atoms with van der Waals surface area (Å²) < 4.78 is 51.1. The standard InChI is InChI=1S/C27H40N2O6P2/c1-5-32-36(30,33-6-2)26(22-14-10-9-11-15-22)20-27(37(31,34-7-3)35-8-4)28-19-18-23-21-29-25-17-13-12-16-24(23)25/h9-17,21,26-29H,5-8,18-20H2,1-4H3. The van der Waals surface area contributed by atoms with Crippen molar-refractivity contribution in [2.45, 2.75) is 52.0 Å². The van der Waals surface area contributed by atoms with Crippen LogP contribution in [0, 0.1) is 0 Å². The molecule has 0 aliphatic carbocycles. The summed E-state index contributed by atoms with van der Waals surface area (Å²) in [6, 6.07) is 17.6. The number of hydrogen-bond acceptors (Lipinski definition) is 7. The van der Waals surface area contributed by atoms with E-state index in [4.69, 9.17) is 18.1 Å². The SMILES string of the molecule is CCOP(=O)(OCC)C(CC(c1ccccc1)P(=O)(OCC)OCC)NCCc1c[nH]c2ccccc12. The van der Waals surface area contributed by atoms with Crippen LogP contribution in [-0.4, -0.2) is 43.7 Å². The first-order valence-electron chi connectivity index (χ1n) is 13.0. The molecule has 3 aromatic rings. The average Bonchev–Trinajstić information content (AvgIpc) is 3.30. The van der Waals surface area contributed by atoms with Gasteiger partial charge in [-0.1, -0.05) is 48.5 Å². The fourth-order valence-electron chi connectivity index (χ4n) is 4.52. The highest BCUT2D eigenvalue weighted by Gasteiger charge is 2.44. The van der Waals surface area contributed by atoms with Crippen LogP contribution in [0.3, 0.4) is 0 Å². The summed E-state index contributed by atoms with van der Waals surface area (Å²) in [5, 5.41) is 4.58. The minimum Gasteiger partial charge on any atom is -0.361 e. The molecule has 0 fully saturated rings. The molecule has 2 N–H and O–H groups in total. The van der Waals surface area contributed by atoms with Gasteiger partial charge >= 0.3 is 15.2 Å². The van der Waals surface area contributed by atoms with Gasteiger partial charge in [0, 0.05) is 23.6 Å². The zero-order chi connectivity index (χ0) is 26.7. The number of H-pyrrole nitrogens is 1. The molecule has 2 unspecified atom stereocenters. The van der Waals surface area contributed by atoms with E-state index in [1.807, 2.05) is 54.7 Å². The van der Waals surface area contributed by atoms with Gasteiger partial charge < -0.3 is 28.4 Å². The molecule has 37 heavy (non-hydrogen) atoms. The molecule has 0 aliphatic heterocycles. The van der Waals surface area contributed by atoms with Crippen molar-refractivity contribution < 1.29 is 27.2 Å². The number of aromatic amines is 1. The van der Waals surface area contributed by atoms with Crippen LogP contribution in [0.2, 0.25) is 0 Å². The lowest BCUT2D eigenvalue weighted by Gasteiger charge is -2.33. The molecule has 0 bridgehead atoms. The van der Waals surface area contributed by atoms with Crippen LogP contribution >= 0.6 is 15.2 Å². The molecule has 1 heterocycles. The Morgan fingerprint density at radius 1 is 0.784 bits per heavy atom. The molecule has 10 heteroatoms. The van der Waals surface area contributed by atoms with Crippen LogP contribution in [0.4, 0.5) is 0 Å². The smallest absolute Gasteiger partial charge is 0.347 e. The number of aromatic nitrogens is 1. The van der Waals surface area contributed by atoms with E-state index in [2.05, 4.69) is 16.4 Å². The fourth-order valence-corrected chi connectivity index (χ4v) is 8.83. The highest BCUT2D eigenvalue weighted by molar-refractivity contribution is 7.55. The molecular formula is C27H40N2O6P2. The Balaban J connectivity index is 1.93. The molecule has 0 saturated carbocycles. The molecular weight excluding hydrogens is 510 g/mol. The highest BCUT2D eigenvalue weighted by atomic mass is 31.2. The molecule has 0 saturated heterocycles. The fraction of sp³-hybridized carbons (Fsp3) is 0.481. The maximum absolute atomic E-state index is 14.1. The van der Waals surface area contributed by atoms with Crippen molar-refractivity contribution in [2.24, 2.45) is 0 Å². The second-order valence-electron chi connectivity index (χ2n) is 8.49. The first kappa shape index (κ1) is 29.8. The lowest BCUT2D eigenvalue weighted by Crippen LogP contribution is -2.34. The quantitative estimate of drug-likeness (QED) is 0.170. The largest absolute Gasteiger partial charge is 0.361 e. The maximum atomic E-state index is 14.1. The molecule has 0 aliphatic rings. The summed E-state index contributed by atoms with van der Waals surface area (Å²) in [5.74, 6) is -0.725. The second kappa shape index (κ2) is 14.4. The third kappa shape index (κ3) is 7.64. The van der Waals surface area contributed by atoms with Crippen LogP contribution in [-0.2, 0) is 33.6 Å². The zero-order valence-electron chi connectivity index (χ0n) is 22.2. The topological polar surface area (TPSA) is 98.9 Å². The van der Waals surface area contributed by atoms with Crippen LogP contribution in [0.1, 0.15) is 50.9 Å². The van der Waals surface area contributed by atoms with Gasteiger partial charge in [-0.15, -0.1) is 0 Å². The van der Waals surface area contributed by atoms with Crippen molar-refractivity contribution in [2.75, 3.05) is 33.0 Å².